The first-order valence-electron chi connectivity index (χ1n) is 5.64. The zero-order valence-corrected chi connectivity index (χ0v) is 13.2. The maximum atomic E-state index is 12.3. The van der Waals surface area contributed by atoms with Crippen molar-refractivity contribution in [3.8, 4) is 0 Å². The van der Waals surface area contributed by atoms with E-state index in [1.54, 1.807) is 17.8 Å². The Kier molecular flexibility index (Phi) is 6.18. The maximum absolute atomic E-state index is 12.3. The summed E-state index contributed by atoms with van der Waals surface area (Å²) in [6.45, 7) is 1.82. The van der Waals surface area contributed by atoms with Gasteiger partial charge in [0.1, 0.15) is 15.6 Å². The zero-order valence-electron chi connectivity index (χ0n) is 10.8. The van der Waals surface area contributed by atoms with Gasteiger partial charge in [0.05, 0.1) is 0 Å². The van der Waals surface area contributed by atoms with Crippen LogP contribution in [0, 0.1) is 0 Å². The topological polar surface area (TPSA) is 85.1 Å². The summed E-state index contributed by atoms with van der Waals surface area (Å²) in [5.74, 6) is 0.888. The van der Waals surface area contributed by atoms with E-state index in [-0.39, 0.29) is 21.6 Å². The first kappa shape index (κ1) is 16.4. The van der Waals surface area contributed by atoms with E-state index in [1.165, 1.54) is 12.3 Å². The molecule has 106 valence electrons. The number of thiocarbonyl (C=S) groups is 1. The van der Waals surface area contributed by atoms with Gasteiger partial charge in [0.15, 0.2) is 0 Å². The molecule has 1 unspecified atom stereocenters. The summed E-state index contributed by atoms with van der Waals surface area (Å²) in [7, 11) is -3.65. The van der Waals surface area contributed by atoms with E-state index >= 15 is 0 Å². The fraction of sp³-hybridized carbons (Fsp3) is 0.455. The Morgan fingerprint density at radius 2 is 2.32 bits per heavy atom. The van der Waals surface area contributed by atoms with Gasteiger partial charge in [-0.15, -0.1) is 0 Å². The van der Waals surface area contributed by atoms with Crippen LogP contribution in [0.5, 0.6) is 0 Å². The summed E-state index contributed by atoms with van der Waals surface area (Å²) in [4.78, 5) is 3.92. The molecule has 0 radical (unpaired) electrons. The fourth-order valence-corrected chi connectivity index (χ4v) is 3.74. The Morgan fingerprint density at radius 1 is 1.63 bits per heavy atom. The monoisotopic (exact) mass is 319 g/mol. The predicted octanol–water partition coefficient (Wildman–Crippen LogP) is 1.14. The normalized spacial score (nSPS) is 13.2. The fourth-order valence-electron chi connectivity index (χ4n) is 1.47. The minimum atomic E-state index is -3.65. The van der Waals surface area contributed by atoms with Crippen LogP contribution >= 0.6 is 24.0 Å². The molecule has 0 saturated heterocycles. The van der Waals surface area contributed by atoms with Crippen LogP contribution < -0.4 is 10.5 Å². The highest BCUT2D eigenvalue weighted by Gasteiger charge is 2.22. The van der Waals surface area contributed by atoms with Gasteiger partial charge in [-0.1, -0.05) is 12.2 Å². The molecule has 1 aromatic rings. The van der Waals surface area contributed by atoms with Crippen LogP contribution in [0.25, 0.3) is 0 Å². The summed E-state index contributed by atoms with van der Waals surface area (Å²) in [6, 6.07) is 2.84. The van der Waals surface area contributed by atoms with Crippen LogP contribution in [-0.4, -0.2) is 36.4 Å². The second kappa shape index (κ2) is 7.18. The van der Waals surface area contributed by atoms with Crippen molar-refractivity contribution < 1.29 is 8.42 Å². The first-order chi connectivity index (χ1) is 8.88. The number of pyridine rings is 1. The molecule has 0 aliphatic rings. The number of aromatic nitrogens is 1. The molecule has 0 spiro atoms. The molecule has 0 aliphatic carbocycles. The largest absolute Gasteiger partial charge is 0.388 e. The molecule has 1 atom stereocenters. The average molecular weight is 319 g/mol. The first-order valence-corrected chi connectivity index (χ1v) is 8.93. The number of sulfonamides is 1. The second-order valence-electron chi connectivity index (χ2n) is 4.02. The molecule has 1 aromatic heterocycles. The molecule has 1 heterocycles. The molecule has 8 heteroatoms. The van der Waals surface area contributed by atoms with Crippen molar-refractivity contribution in [1.82, 2.24) is 9.71 Å². The quantitative estimate of drug-likeness (QED) is 0.733. The van der Waals surface area contributed by atoms with Gasteiger partial charge in [0.25, 0.3) is 0 Å². The molecule has 0 saturated carbocycles. The van der Waals surface area contributed by atoms with E-state index < -0.39 is 10.0 Å². The van der Waals surface area contributed by atoms with Crippen molar-refractivity contribution in [3.05, 3.63) is 24.0 Å². The summed E-state index contributed by atoms with van der Waals surface area (Å²) < 4.78 is 27.1. The van der Waals surface area contributed by atoms with Crippen molar-refractivity contribution in [2.45, 2.75) is 24.3 Å². The summed E-state index contributed by atoms with van der Waals surface area (Å²) in [5, 5.41) is 0. The number of thioether (sulfide) groups is 1. The minimum absolute atomic E-state index is 0.0264. The molecule has 19 heavy (non-hydrogen) atoms. The van der Waals surface area contributed by atoms with E-state index in [2.05, 4.69) is 9.71 Å². The lowest BCUT2D eigenvalue weighted by molar-refractivity contribution is 0.556. The van der Waals surface area contributed by atoms with Gasteiger partial charge in [-0.3, -0.25) is 4.98 Å². The number of hydrogen-bond acceptors (Lipinski definition) is 5. The van der Waals surface area contributed by atoms with Gasteiger partial charge in [0.2, 0.25) is 10.0 Å². The molecule has 0 amide bonds. The van der Waals surface area contributed by atoms with E-state index in [9.17, 15) is 8.42 Å². The van der Waals surface area contributed by atoms with Crippen LogP contribution in [-0.2, 0) is 10.0 Å². The maximum Gasteiger partial charge on any atom is 0.243 e. The Hall–Kier alpha value is -0.700. The molecule has 0 fully saturated rings. The molecule has 1 rings (SSSR count). The third kappa shape index (κ3) is 4.72. The molecule has 3 N–H and O–H groups in total. The van der Waals surface area contributed by atoms with E-state index in [4.69, 9.17) is 18.0 Å². The number of rotatable bonds is 7. The van der Waals surface area contributed by atoms with Gasteiger partial charge >= 0.3 is 0 Å². The third-order valence-electron chi connectivity index (χ3n) is 2.40. The van der Waals surface area contributed by atoms with Crippen molar-refractivity contribution in [1.29, 1.82) is 0 Å². The van der Waals surface area contributed by atoms with Crippen LogP contribution in [0.15, 0.2) is 23.2 Å². The van der Waals surface area contributed by atoms with Crippen LogP contribution in [0.3, 0.4) is 0 Å². The third-order valence-corrected chi connectivity index (χ3v) is 4.86. The smallest absolute Gasteiger partial charge is 0.243 e. The zero-order chi connectivity index (χ0) is 14.5. The van der Waals surface area contributed by atoms with E-state index in [0.717, 1.165) is 12.2 Å². The summed E-state index contributed by atoms with van der Waals surface area (Å²) in [6.07, 6.45) is 4.20. The summed E-state index contributed by atoms with van der Waals surface area (Å²) >= 11 is 6.49. The predicted molar refractivity (Wildman–Crippen MR) is 82.9 cm³/mol. The standard InChI is InChI=1S/C11H17N3O2S3/c1-8(5-7-18-2)14-19(15,16)9-4-3-6-13-10(9)11(12)17/h3-4,6,8,14H,5,7H2,1-2H3,(H2,12,17). The Balaban J connectivity index is 2.98. The van der Waals surface area contributed by atoms with Crippen LogP contribution in [0.2, 0.25) is 0 Å². The van der Waals surface area contributed by atoms with Crippen molar-refractivity contribution in [3.63, 3.8) is 0 Å². The minimum Gasteiger partial charge on any atom is -0.388 e. The highest BCUT2D eigenvalue weighted by atomic mass is 32.2. The molecule has 0 aromatic carbocycles. The van der Waals surface area contributed by atoms with E-state index in [0.29, 0.717) is 0 Å². The Bertz CT molecular complexity index is 546. The van der Waals surface area contributed by atoms with Gasteiger partial charge in [0, 0.05) is 12.2 Å². The number of nitrogens with zero attached hydrogens (tertiary/aromatic N) is 1. The van der Waals surface area contributed by atoms with Crippen LogP contribution in [0.1, 0.15) is 19.0 Å². The Labute approximate surface area is 123 Å². The molecule has 5 nitrogen and oxygen atoms in total. The van der Waals surface area contributed by atoms with Crippen molar-refractivity contribution in [2.75, 3.05) is 12.0 Å². The van der Waals surface area contributed by atoms with Gasteiger partial charge in [-0.2, -0.15) is 11.8 Å². The molecule has 0 aliphatic heterocycles. The SMILES string of the molecule is CSCCC(C)NS(=O)(=O)c1cccnc1C(N)=S. The molecule has 0 bridgehead atoms. The summed E-state index contributed by atoms with van der Waals surface area (Å²) in [5.41, 5.74) is 5.62. The lowest BCUT2D eigenvalue weighted by Gasteiger charge is -2.15. The van der Waals surface area contributed by atoms with Crippen molar-refractivity contribution >= 4 is 39.0 Å². The van der Waals surface area contributed by atoms with Gasteiger partial charge < -0.3 is 5.73 Å². The lowest BCUT2D eigenvalue weighted by Crippen LogP contribution is -2.34. The average Bonchev–Trinajstić information content (AvgIpc) is 2.35. The van der Waals surface area contributed by atoms with Gasteiger partial charge in [-0.05, 0) is 37.5 Å². The lowest BCUT2D eigenvalue weighted by atomic mass is 10.3. The highest BCUT2D eigenvalue weighted by molar-refractivity contribution is 7.98. The highest BCUT2D eigenvalue weighted by Crippen LogP contribution is 2.14. The second-order valence-corrected chi connectivity index (χ2v) is 7.13. The number of hydrogen-bond donors (Lipinski definition) is 2. The molecular formula is C11H17N3O2S3. The van der Waals surface area contributed by atoms with Gasteiger partial charge in [-0.25, -0.2) is 13.1 Å². The molecular weight excluding hydrogens is 302 g/mol. The number of nitrogens with one attached hydrogen (secondary N) is 1. The van der Waals surface area contributed by atoms with E-state index in [1.807, 2.05) is 13.2 Å². The number of nitrogens with two attached hydrogens (primary N) is 1. The Morgan fingerprint density at radius 3 is 2.89 bits per heavy atom. The van der Waals surface area contributed by atoms with Crippen molar-refractivity contribution in [2.24, 2.45) is 5.73 Å². The van der Waals surface area contributed by atoms with Crippen LogP contribution in [0.4, 0.5) is 0 Å².